The minimum atomic E-state index is -0.225. The van der Waals surface area contributed by atoms with E-state index in [9.17, 15) is 10.2 Å². The van der Waals surface area contributed by atoms with Crippen LogP contribution < -0.4 is 0 Å². The second-order valence-corrected chi connectivity index (χ2v) is 33.3. The van der Waals surface area contributed by atoms with Crippen molar-refractivity contribution in [2.45, 2.75) is 105 Å². The van der Waals surface area contributed by atoms with Gasteiger partial charge in [-0.1, -0.05) is 283 Å². The van der Waals surface area contributed by atoms with E-state index in [1.165, 1.54) is 54.4 Å². The van der Waals surface area contributed by atoms with Gasteiger partial charge in [-0.2, -0.15) is 0 Å². The fourth-order valence-corrected chi connectivity index (χ4v) is 16.3. The third-order valence-corrected chi connectivity index (χ3v) is 21.9. The maximum atomic E-state index is 11.5. The Hall–Kier alpha value is -10.5. The van der Waals surface area contributed by atoms with Crippen LogP contribution in [0.3, 0.4) is 0 Å². The number of aromatic hydroxyl groups is 2. The number of aliphatic imine (C=N–C) groups is 2. The van der Waals surface area contributed by atoms with Gasteiger partial charge in [0.1, 0.15) is 21.5 Å². The summed E-state index contributed by atoms with van der Waals surface area (Å²) in [5.41, 5.74) is 19.5. The molecule has 0 aliphatic carbocycles. The zero-order chi connectivity index (χ0) is 72.4. The topological polar surface area (TPSA) is 91.0 Å². The van der Waals surface area contributed by atoms with Gasteiger partial charge in [0.2, 0.25) is 0 Å². The van der Waals surface area contributed by atoms with E-state index in [2.05, 4.69) is 308 Å². The Kier molecular flexibility index (Phi) is 19.4. The molecular weight excluding hydrogens is 1500 g/mol. The minimum absolute atomic E-state index is 0. The molecule has 2 aromatic heterocycles. The molecule has 0 bridgehead atoms. The van der Waals surface area contributed by atoms with Crippen molar-refractivity contribution in [1.82, 2.24) is 9.97 Å². The van der Waals surface area contributed by atoms with Crippen molar-refractivity contribution in [1.29, 1.82) is 0 Å². The van der Waals surface area contributed by atoms with Crippen LogP contribution in [0, 0.1) is 6.07 Å². The summed E-state index contributed by atoms with van der Waals surface area (Å²) in [4.78, 5) is 20.8. The first kappa shape index (κ1) is 71.5. The third-order valence-electron chi connectivity index (χ3n) is 19.8. The van der Waals surface area contributed by atoms with Crippen molar-refractivity contribution in [3.05, 3.63) is 300 Å². The number of aromatic nitrogens is 2. The number of hydrogen-bond acceptors (Lipinski definition) is 8. The average molecular weight is 1580 g/mol. The molecule has 0 aliphatic rings. The number of nitrogens with zero attached hydrogens (tertiary/aromatic N) is 4. The molecule has 0 saturated heterocycles. The molecule has 0 saturated carbocycles. The molecule has 16 rings (SSSR count). The predicted molar refractivity (Wildman–Crippen MR) is 446 cm³/mol. The zero-order valence-corrected chi connectivity index (χ0v) is 65.2. The van der Waals surface area contributed by atoms with Gasteiger partial charge in [0.25, 0.3) is 0 Å². The smallest absolute Gasteiger partial charge is 0.128 e. The molecule has 522 valence electrons. The fourth-order valence-electron chi connectivity index (χ4n) is 14.1. The van der Waals surface area contributed by atoms with E-state index in [0.29, 0.717) is 5.56 Å². The van der Waals surface area contributed by atoms with Crippen molar-refractivity contribution in [3.8, 4) is 77.1 Å². The standard InChI is InChI=1S/C48H42N2OS.C48H41N2OS.Pt/c2*1-47(2,3)34-25-33(45(51)41(28-34)48(4,5)6)29-49-42-24-12-11-21-39(42)46-50-44-40(38-23-14-18-31-16-8-10-20-36(31)38)26-32(27-43(44)52-46)37-22-13-17-30-15-7-9-19-35(30)37;/h7-29,51H,1-6H3;7-22,24-29,51H,1-6H3;/q;-1;. The van der Waals surface area contributed by atoms with Gasteiger partial charge in [-0.25, -0.2) is 9.97 Å². The summed E-state index contributed by atoms with van der Waals surface area (Å²) in [6, 6.07) is 95.4. The molecule has 0 unspecified atom stereocenters. The molecule has 2 heterocycles. The van der Waals surface area contributed by atoms with E-state index in [4.69, 9.17) is 20.0 Å². The summed E-state index contributed by atoms with van der Waals surface area (Å²) in [5, 5.41) is 34.3. The van der Waals surface area contributed by atoms with Gasteiger partial charge in [0.15, 0.2) is 0 Å². The van der Waals surface area contributed by atoms with Gasteiger partial charge in [-0.05, 0) is 148 Å². The molecule has 105 heavy (non-hydrogen) atoms. The maximum Gasteiger partial charge on any atom is 0.128 e. The first-order valence-electron chi connectivity index (χ1n) is 35.7. The largest absolute Gasteiger partial charge is 0.507 e. The first-order chi connectivity index (χ1) is 49.9. The minimum Gasteiger partial charge on any atom is -0.507 e. The third kappa shape index (κ3) is 14.4. The number of phenols is 2. The molecule has 0 fully saturated rings. The normalized spacial score (nSPS) is 12.3. The zero-order valence-electron chi connectivity index (χ0n) is 61.3. The number of phenolic OH excluding ortho intramolecular Hbond substituents is 2. The Labute approximate surface area is 638 Å². The van der Waals surface area contributed by atoms with Crippen LogP contribution in [-0.2, 0) is 42.7 Å². The molecule has 16 aromatic rings. The van der Waals surface area contributed by atoms with Crippen molar-refractivity contribution in [2.24, 2.45) is 9.98 Å². The van der Waals surface area contributed by atoms with Crippen LogP contribution in [0.2, 0.25) is 0 Å². The van der Waals surface area contributed by atoms with Gasteiger partial charge in [0.05, 0.1) is 21.6 Å². The van der Waals surface area contributed by atoms with Gasteiger partial charge in [-0.15, -0.1) is 57.2 Å². The summed E-state index contributed by atoms with van der Waals surface area (Å²) in [6.07, 6.45) is 3.62. The summed E-state index contributed by atoms with van der Waals surface area (Å²) in [6.45, 7) is 26.0. The molecule has 0 radical (unpaired) electrons. The molecule has 14 aromatic carbocycles. The van der Waals surface area contributed by atoms with E-state index in [1.54, 1.807) is 28.9 Å². The maximum absolute atomic E-state index is 11.5. The van der Waals surface area contributed by atoms with Crippen molar-refractivity contribution in [2.75, 3.05) is 0 Å². The van der Waals surface area contributed by atoms with Crippen molar-refractivity contribution < 1.29 is 31.3 Å². The summed E-state index contributed by atoms with van der Waals surface area (Å²) in [7, 11) is 0. The van der Waals surface area contributed by atoms with Crippen LogP contribution in [0.25, 0.3) is 129 Å². The van der Waals surface area contributed by atoms with Crippen LogP contribution >= 0.6 is 22.7 Å². The van der Waals surface area contributed by atoms with E-state index >= 15 is 0 Å². The number of para-hydroxylation sites is 2. The Balaban J connectivity index is 0.000000175. The van der Waals surface area contributed by atoms with Crippen LogP contribution in [0.5, 0.6) is 11.5 Å². The first-order valence-corrected chi connectivity index (χ1v) is 37.3. The molecular formula is C96H83N4O2PtS2-. The van der Waals surface area contributed by atoms with E-state index in [1.807, 2.05) is 48.7 Å². The van der Waals surface area contributed by atoms with Crippen molar-refractivity contribution in [3.63, 3.8) is 0 Å². The molecule has 0 aliphatic heterocycles. The van der Waals surface area contributed by atoms with E-state index in [-0.39, 0.29) is 54.2 Å². The van der Waals surface area contributed by atoms with Gasteiger partial charge in [0, 0.05) is 82.7 Å². The Morgan fingerprint density at radius 3 is 1.13 bits per heavy atom. The summed E-state index contributed by atoms with van der Waals surface area (Å²) < 4.78 is 2.22. The monoisotopic (exact) mass is 1580 g/mol. The summed E-state index contributed by atoms with van der Waals surface area (Å²) >= 11 is 3.38. The summed E-state index contributed by atoms with van der Waals surface area (Å²) in [5.74, 6) is 0.557. The second-order valence-electron chi connectivity index (χ2n) is 31.3. The quantitative estimate of drug-likeness (QED) is 0.105. The van der Waals surface area contributed by atoms with Crippen LogP contribution in [0.15, 0.2) is 271 Å². The molecule has 9 heteroatoms. The van der Waals surface area contributed by atoms with E-state index < -0.39 is 0 Å². The number of fused-ring (bicyclic) bond motifs is 6. The van der Waals surface area contributed by atoms with Crippen LogP contribution in [-0.4, -0.2) is 32.6 Å². The van der Waals surface area contributed by atoms with Gasteiger partial charge < -0.3 is 10.2 Å². The average Bonchev–Trinajstić information content (AvgIpc) is 1.69. The van der Waals surface area contributed by atoms with Crippen LogP contribution in [0.4, 0.5) is 11.4 Å². The Morgan fingerprint density at radius 1 is 0.343 bits per heavy atom. The van der Waals surface area contributed by atoms with Gasteiger partial charge >= 0.3 is 0 Å². The molecule has 2 N–H and O–H groups in total. The SMILES string of the molecule is CC(C)(C)c1cc(C=Nc2ccccc2-c2nc3c(-c4[c-]ccc5ccccc45)cc(-c4cccc5ccccc45)cc3s2)c(O)c(C(C)(C)C)c1.CC(C)(C)c1cc(C=Nc2ccccc2-c2nc3c(-c4cccc5ccccc45)cc(-c4cccc5ccccc45)cc3s2)c(O)c(C(C)(C)C)c1.[Pt]. The number of rotatable bonds is 10. The molecule has 6 nitrogen and oxygen atoms in total. The number of thiazole rings is 2. The van der Waals surface area contributed by atoms with Crippen LogP contribution in [0.1, 0.15) is 116 Å². The predicted octanol–water partition coefficient (Wildman–Crippen LogP) is 27.1. The van der Waals surface area contributed by atoms with Crippen molar-refractivity contribution >= 4 is 110 Å². The number of benzene rings is 14. The second kappa shape index (κ2) is 28.5. The molecule has 0 amide bonds. The Bertz CT molecular complexity index is 5690. The number of hydrogen-bond donors (Lipinski definition) is 2. The van der Waals surface area contributed by atoms with Gasteiger partial charge in [-0.3, -0.25) is 9.98 Å². The fraction of sp³-hybridized carbons (Fsp3) is 0.167. The molecule has 0 atom stereocenters. The van der Waals surface area contributed by atoms with E-state index in [0.717, 1.165) is 114 Å². The molecule has 0 spiro atoms. The Morgan fingerprint density at radius 2 is 0.695 bits per heavy atom.